The third-order valence-electron chi connectivity index (χ3n) is 3.22. The zero-order chi connectivity index (χ0) is 14.2. The molecular weight excluding hydrogens is 271 g/mol. The second-order valence-electron chi connectivity index (χ2n) is 4.93. The van der Waals surface area contributed by atoms with Crippen LogP contribution in [0.25, 0.3) is 0 Å². The summed E-state index contributed by atoms with van der Waals surface area (Å²) in [6, 6.07) is 2.95. The van der Waals surface area contributed by atoms with Gasteiger partial charge in [-0.1, -0.05) is 6.92 Å². The molecule has 19 heavy (non-hydrogen) atoms. The molecule has 3 N–H and O–H groups in total. The maximum atomic E-state index is 13.6. The lowest BCUT2D eigenvalue weighted by molar-refractivity contribution is 0.0891. The third kappa shape index (κ3) is 3.10. The van der Waals surface area contributed by atoms with Gasteiger partial charge in [-0.15, -0.1) is 0 Å². The number of sulfonamides is 1. The number of rotatable bonds is 3. The fourth-order valence-corrected chi connectivity index (χ4v) is 2.68. The van der Waals surface area contributed by atoms with E-state index < -0.39 is 21.7 Å². The predicted octanol–water partition coefficient (Wildman–Crippen LogP) is 1.00. The first-order valence-corrected chi connectivity index (χ1v) is 7.45. The second-order valence-corrected chi connectivity index (χ2v) is 6.50. The van der Waals surface area contributed by atoms with Gasteiger partial charge in [0.25, 0.3) is 5.91 Å². The number of nitrogens with one attached hydrogen (secondary N) is 1. The van der Waals surface area contributed by atoms with Gasteiger partial charge in [0.2, 0.25) is 10.0 Å². The minimum Gasteiger partial charge on any atom is -0.349 e. The smallest absolute Gasteiger partial charge is 0.254 e. The van der Waals surface area contributed by atoms with Crippen LogP contribution in [-0.4, -0.2) is 20.4 Å². The molecule has 0 unspecified atom stereocenters. The Hall–Kier alpha value is -1.47. The standard InChI is InChI=1S/C12H15FN2O3S/c1-7-4-8(5-7)15-12(16)10-6-9(19(14,17)18)2-3-11(10)13/h2-3,6-8H,4-5H2,1H3,(H,15,16)(H2,14,17,18). The number of nitrogens with two attached hydrogens (primary N) is 1. The Morgan fingerprint density at radius 3 is 2.58 bits per heavy atom. The van der Waals surface area contributed by atoms with Crippen molar-refractivity contribution in [2.75, 3.05) is 0 Å². The molecular formula is C12H15FN2O3S. The third-order valence-corrected chi connectivity index (χ3v) is 4.13. The molecule has 1 aromatic rings. The van der Waals surface area contributed by atoms with Gasteiger partial charge in [-0.2, -0.15) is 0 Å². The Morgan fingerprint density at radius 2 is 2.05 bits per heavy atom. The van der Waals surface area contributed by atoms with Crippen LogP contribution in [0.4, 0.5) is 4.39 Å². The van der Waals surface area contributed by atoms with Crippen LogP contribution in [0.3, 0.4) is 0 Å². The Bertz CT molecular complexity index is 609. The van der Waals surface area contributed by atoms with Crippen LogP contribution < -0.4 is 10.5 Å². The van der Waals surface area contributed by atoms with E-state index in [0.29, 0.717) is 5.92 Å². The summed E-state index contributed by atoms with van der Waals surface area (Å²) in [7, 11) is -3.95. The molecule has 0 heterocycles. The van der Waals surface area contributed by atoms with Gasteiger partial charge in [0.05, 0.1) is 10.5 Å². The van der Waals surface area contributed by atoms with E-state index in [1.54, 1.807) is 0 Å². The Morgan fingerprint density at radius 1 is 1.42 bits per heavy atom. The van der Waals surface area contributed by atoms with Gasteiger partial charge < -0.3 is 5.32 Å². The predicted molar refractivity (Wildman–Crippen MR) is 67.4 cm³/mol. The molecule has 1 aliphatic carbocycles. The summed E-state index contributed by atoms with van der Waals surface area (Å²) in [4.78, 5) is 11.6. The van der Waals surface area contributed by atoms with Gasteiger partial charge in [-0.25, -0.2) is 17.9 Å². The molecule has 0 spiro atoms. The van der Waals surface area contributed by atoms with Crippen molar-refractivity contribution in [3.63, 3.8) is 0 Å². The van der Waals surface area contributed by atoms with Crippen LogP contribution in [-0.2, 0) is 10.0 Å². The van der Waals surface area contributed by atoms with Gasteiger partial charge in [0, 0.05) is 6.04 Å². The highest BCUT2D eigenvalue weighted by Gasteiger charge is 2.28. The number of amides is 1. The molecule has 0 atom stereocenters. The van der Waals surface area contributed by atoms with E-state index in [1.165, 1.54) is 0 Å². The van der Waals surface area contributed by atoms with Gasteiger partial charge in [-0.3, -0.25) is 4.79 Å². The summed E-state index contributed by atoms with van der Waals surface area (Å²) in [5.41, 5.74) is -0.300. The Kier molecular flexibility index (Phi) is 3.60. The van der Waals surface area contributed by atoms with Crippen LogP contribution in [0, 0.1) is 11.7 Å². The highest BCUT2D eigenvalue weighted by atomic mass is 32.2. The molecule has 1 aromatic carbocycles. The van der Waals surface area contributed by atoms with Crippen LogP contribution in [0.2, 0.25) is 0 Å². The van der Waals surface area contributed by atoms with E-state index in [0.717, 1.165) is 31.0 Å². The molecule has 2 rings (SSSR count). The van der Waals surface area contributed by atoms with Crippen molar-refractivity contribution in [3.05, 3.63) is 29.6 Å². The van der Waals surface area contributed by atoms with Crippen molar-refractivity contribution in [2.24, 2.45) is 11.1 Å². The van der Waals surface area contributed by atoms with Crippen molar-refractivity contribution < 1.29 is 17.6 Å². The summed E-state index contributed by atoms with van der Waals surface area (Å²) in [6.07, 6.45) is 1.70. The molecule has 0 aromatic heterocycles. The summed E-state index contributed by atoms with van der Waals surface area (Å²) >= 11 is 0. The van der Waals surface area contributed by atoms with E-state index in [-0.39, 0.29) is 16.5 Å². The minimum atomic E-state index is -3.95. The van der Waals surface area contributed by atoms with E-state index in [9.17, 15) is 17.6 Å². The Labute approximate surface area is 111 Å². The first-order chi connectivity index (χ1) is 8.77. The zero-order valence-electron chi connectivity index (χ0n) is 10.4. The summed E-state index contributed by atoms with van der Waals surface area (Å²) in [5, 5.41) is 7.62. The number of halogens is 1. The lowest BCUT2D eigenvalue weighted by atomic mass is 9.82. The van der Waals surface area contributed by atoms with E-state index in [2.05, 4.69) is 12.2 Å². The van der Waals surface area contributed by atoms with Crippen LogP contribution in [0.15, 0.2) is 23.1 Å². The second kappa shape index (κ2) is 4.90. The summed E-state index contributed by atoms with van der Waals surface area (Å²) in [5.74, 6) is -0.830. The SMILES string of the molecule is CC1CC(NC(=O)c2cc(S(N)(=O)=O)ccc2F)C1. The van der Waals surface area contributed by atoms with Crippen LogP contribution in [0.1, 0.15) is 30.1 Å². The molecule has 104 valence electrons. The average molecular weight is 286 g/mol. The number of primary sulfonamides is 1. The molecule has 0 radical (unpaired) electrons. The molecule has 1 aliphatic rings. The van der Waals surface area contributed by atoms with Crippen molar-refractivity contribution in [1.82, 2.24) is 5.32 Å². The van der Waals surface area contributed by atoms with Crippen molar-refractivity contribution in [1.29, 1.82) is 0 Å². The van der Waals surface area contributed by atoms with Crippen LogP contribution >= 0.6 is 0 Å². The number of benzene rings is 1. The maximum absolute atomic E-state index is 13.6. The molecule has 7 heteroatoms. The summed E-state index contributed by atoms with van der Waals surface area (Å²) in [6.45, 7) is 2.06. The lowest BCUT2D eigenvalue weighted by Crippen LogP contribution is -2.43. The van der Waals surface area contributed by atoms with Crippen molar-refractivity contribution in [2.45, 2.75) is 30.7 Å². The monoisotopic (exact) mass is 286 g/mol. The highest BCUT2D eigenvalue weighted by molar-refractivity contribution is 7.89. The fraction of sp³-hybridized carbons (Fsp3) is 0.417. The maximum Gasteiger partial charge on any atom is 0.254 e. The van der Waals surface area contributed by atoms with Gasteiger partial charge >= 0.3 is 0 Å². The minimum absolute atomic E-state index is 0.0278. The van der Waals surface area contributed by atoms with Gasteiger partial charge in [0.15, 0.2) is 0 Å². The fourth-order valence-electron chi connectivity index (χ4n) is 2.14. The first-order valence-electron chi connectivity index (χ1n) is 5.90. The number of carbonyl (C=O) groups excluding carboxylic acids is 1. The highest BCUT2D eigenvalue weighted by Crippen LogP contribution is 2.26. The number of hydrogen-bond acceptors (Lipinski definition) is 3. The molecule has 0 aliphatic heterocycles. The van der Waals surface area contributed by atoms with Crippen LogP contribution in [0.5, 0.6) is 0 Å². The van der Waals surface area contributed by atoms with E-state index in [4.69, 9.17) is 5.14 Å². The van der Waals surface area contributed by atoms with Crippen molar-refractivity contribution in [3.8, 4) is 0 Å². The molecule has 0 saturated heterocycles. The quantitative estimate of drug-likeness (QED) is 0.868. The lowest BCUT2D eigenvalue weighted by Gasteiger charge is -2.33. The largest absolute Gasteiger partial charge is 0.349 e. The Balaban J connectivity index is 2.21. The van der Waals surface area contributed by atoms with E-state index in [1.807, 2.05) is 0 Å². The van der Waals surface area contributed by atoms with Gasteiger partial charge in [0.1, 0.15) is 5.82 Å². The average Bonchev–Trinajstić information content (AvgIpc) is 2.25. The molecule has 1 amide bonds. The molecule has 1 saturated carbocycles. The topological polar surface area (TPSA) is 89.3 Å². The number of hydrogen-bond donors (Lipinski definition) is 2. The zero-order valence-corrected chi connectivity index (χ0v) is 11.2. The molecule has 0 bridgehead atoms. The summed E-state index contributed by atoms with van der Waals surface area (Å²) < 4.78 is 35.9. The first kappa shape index (κ1) is 14.0. The van der Waals surface area contributed by atoms with Gasteiger partial charge in [-0.05, 0) is 37.0 Å². The van der Waals surface area contributed by atoms with Crippen molar-refractivity contribution >= 4 is 15.9 Å². The normalized spacial score (nSPS) is 22.7. The molecule has 1 fully saturated rings. The number of carbonyl (C=O) groups is 1. The van der Waals surface area contributed by atoms with E-state index >= 15 is 0 Å². The molecule has 5 nitrogen and oxygen atoms in total.